The Morgan fingerprint density at radius 1 is 1.33 bits per heavy atom. The maximum atomic E-state index is 12.5. The van der Waals surface area contributed by atoms with Crippen molar-refractivity contribution in [3.63, 3.8) is 0 Å². The normalized spacial score (nSPS) is 22.9. The van der Waals surface area contributed by atoms with Crippen LogP contribution in [0.5, 0.6) is 0 Å². The van der Waals surface area contributed by atoms with Gasteiger partial charge in [0.1, 0.15) is 6.04 Å². The number of amides is 2. The van der Waals surface area contributed by atoms with E-state index < -0.39 is 0 Å². The smallest absolute Gasteiger partial charge is 0.245 e. The lowest BCUT2D eigenvalue weighted by Gasteiger charge is -2.30. The summed E-state index contributed by atoms with van der Waals surface area (Å²) >= 11 is 0. The summed E-state index contributed by atoms with van der Waals surface area (Å²) in [6, 6.07) is -0.107. The maximum absolute atomic E-state index is 12.5. The fourth-order valence-corrected chi connectivity index (χ4v) is 2.50. The summed E-state index contributed by atoms with van der Waals surface area (Å²) in [5.74, 6) is 0.497. The zero-order valence-electron chi connectivity index (χ0n) is 12.0. The Labute approximate surface area is 110 Å². The quantitative estimate of drug-likeness (QED) is 0.815. The van der Waals surface area contributed by atoms with Crippen molar-refractivity contribution in [2.45, 2.75) is 65.5 Å². The third kappa shape index (κ3) is 4.00. The minimum absolute atomic E-state index is 0.000184. The summed E-state index contributed by atoms with van der Waals surface area (Å²) in [6.45, 7) is 8.89. The van der Waals surface area contributed by atoms with E-state index in [2.05, 4.69) is 33.0 Å². The lowest BCUT2D eigenvalue weighted by atomic mass is 10.0. The third-order valence-electron chi connectivity index (χ3n) is 3.44. The molecule has 1 saturated heterocycles. The summed E-state index contributed by atoms with van der Waals surface area (Å²) < 4.78 is 0. The summed E-state index contributed by atoms with van der Waals surface area (Å²) in [5.41, 5.74) is 0. The number of nitrogens with one attached hydrogen (secondary N) is 1. The number of nitrogens with zero attached hydrogens (tertiary/aromatic N) is 1. The summed E-state index contributed by atoms with van der Waals surface area (Å²) in [6.07, 6.45) is 3.20. The maximum Gasteiger partial charge on any atom is 0.245 e. The van der Waals surface area contributed by atoms with E-state index in [1.54, 1.807) is 0 Å². The SMILES string of the molecule is CCCC(C)N1CCC(=O)NC(CC(C)C)C1=O. The first-order valence-corrected chi connectivity index (χ1v) is 7.05. The van der Waals surface area contributed by atoms with E-state index in [0.29, 0.717) is 18.9 Å². The van der Waals surface area contributed by atoms with Crippen LogP contribution in [0.25, 0.3) is 0 Å². The predicted octanol–water partition coefficient (Wildman–Crippen LogP) is 1.94. The monoisotopic (exact) mass is 254 g/mol. The minimum atomic E-state index is -0.334. The molecule has 1 rings (SSSR count). The second-order valence-electron chi connectivity index (χ2n) is 5.67. The van der Waals surface area contributed by atoms with Crippen LogP contribution in [0.2, 0.25) is 0 Å². The molecule has 4 heteroatoms. The van der Waals surface area contributed by atoms with E-state index in [0.717, 1.165) is 19.3 Å². The van der Waals surface area contributed by atoms with Gasteiger partial charge in [0.2, 0.25) is 11.8 Å². The van der Waals surface area contributed by atoms with Crippen molar-refractivity contribution >= 4 is 11.8 Å². The number of hydrogen-bond acceptors (Lipinski definition) is 2. The van der Waals surface area contributed by atoms with Gasteiger partial charge in [0, 0.05) is 19.0 Å². The Hall–Kier alpha value is -1.06. The largest absolute Gasteiger partial charge is 0.344 e. The van der Waals surface area contributed by atoms with Crippen molar-refractivity contribution in [1.82, 2.24) is 10.2 Å². The second kappa shape index (κ2) is 6.76. The fraction of sp³-hybridized carbons (Fsp3) is 0.857. The average Bonchev–Trinajstić information content (AvgIpc) is 2.39. The second-order valence-corrected chi connectivity index (χ2v) is 5.67. The molecule has 2 amide bonds. The highest BCUT2D eigenvalue weighted by molar-refractivity contribution is 5.90. The first-order chi connectivity index (χ1) is 8.45. The van der Waals surface area contributed by atoms with Gasteiger partial charge in [-0.05, 0) is 25.7 Å². The molecular formula is C14H26N2O2. The highest BCUT2D eigenvalue weighted by Crippen LogP contribution is 2.16. The Balaban J connectivity index is 2.78. The van der Waals surface area contributed by atoms with Crippen LogP contribution in [0.4, 0.5) is 0 Å². The van der Waals surface area contributed by atoms with Gasteiger partial charge in [-0.2, -0.15) is 0 Å². The molecule has 0 aliphatic carbocycles. The molecule has 1 N–H and O–H groups in total. The van der Waals surface area contributed by atoms with Crippen LogP contribution in [0.15, 0.2) is 0 Å². The number of carbonyl (C=O) groups is 2. The van der Waals surface area contributed by atoms with Crippen molar-refractivity contribution in [2.75, 3.05) is 6.54 Å². The Bertz CT molecular complexity index is 302. The van der Waals surface area contributed by atoms with Crippen LogP contribution >= 0.6 is 0 Å². The lowest BCUT2D eigenvalue weighted by Crippen LogP contribution is -2.48. The van der Waals surface area contributed by atoms with E-state index in [9.17, 15) is 9.59 Å². The topological polar surface area (TPSA) is 49.4 Å². The van der Waals surface area contributed by atoms with Crippen LogP contribution < -0.4 is 5.32 Å². The Kier molecular flexibility index (Phi) is 5.63. The molecule has 4 nitrogen and oxygen atoms in total. The molecule has 1 fully saturated rings. The zero-order valence-corrected chi connectivity index (χ0v) is 12.0. The van der Waals surface area contributed by atoms with Crippen LogP contribution in [0.1, 0.15) is 53.4 Å². The average molecular weight is 254 g/mol. The van der Waals surface area contributed by atoms with Crippen LogP contribution in [-0.4, -0.2) is 35.3 Å². The van der Waals surface area contributed by atoms with E-state index in [1.165, 1.54) is 0 Å². The van der Waals surface area contributed by atoms with Gasteiger partial charge in [-0.25, -0.2) is 0 Å². The zero-order chi connectivity index (χ0) is 13.7. The van der Waals surface area contributed by atoms with Gasteiger partial charge in [0.05, 0.1) is 0 Å². The summed E-state index contributed by atoms with van der Waals surface area (Å²) in [4.78, 5) is 26.0. The predicted molar refractivity (Wildman–Crippen MR) is 72.1 cm³/mol. The van der Waals surface area contributed by atoms with Crippen molar-refractivity contribution < 1.29 is 9.59 Å². The molecule has 0 saturated carbocycles. The van der Waals surface area contributed by atoms with Crippen LogP contribution in [0, 0.1) is 5.92 Å². The Morgan fingerprint density at radius 3 is 2.56 bits per heavy atom. The van der Waals surface area contributed by atoms with Crippen LogP contribution in [-0.2, 0) is 9.59 Å². The fourth-order valence-electron chi connectivity index (χ4n) is 2.50. The molecule has 18 heavy (non-hydrogen) atoms. The number of hydrogen-bond donors (Lipinski definition) is 1. The van der Waals surface area contributed by atoms with Gasteiger partial charge in [-0.1, -0.05) is 27.2 Å². The van der Waals surface area contributed by atoms with Gasteiger partial charge in [0.25, 0.3) is 0 Å². The molecule has 0 aromatic rings. The molecule has 104 valence electrons. The standard InChI is InChI=1S/C14H26N2O2/c1-5-6-11(4)16-8-7-13(17)15-12(14(16)18)9-10(2)3/h10-12H,5-9H2,1-4H3,(H,15,17). The minimum Gasteiger partial charge on any atom is -0.344 e. The van der Waals surface area contributed by atoms with E-state index >= 15 is 0 Å². The molecule has 2 atom stereocenters. The highest BCUT2D eigenvalue weighted by Gasteiger charge is 2.32. The van der Waals surface area contributed by atoms with Crippen molar-refractivity contribution in [3.05, 3.63) is 0 Å². The highest BCUT2D eigenvalue weighted by atomic mass is 16.2. The van der Waals surface area contributed by atoms with E-state index in [-0.39, 0.29) is 23.9 Å². The molecule has 0 aromatic carbocycles. The van der Waals surface area contributed by atoms with E-state index in [1.807, 2.05) is 4.90 Å². The molecule has 1 aliphatic heterocycles. The molecule has 0 spiro atoms. The van der Waals surface area contributed by atoms with Gasteiger partial charge in [-0.3, -0.25) is 9.59 Å². The van der Waals surface area contributed by atoms with Crippen LogP contribution in [0.3, 0.4) is 0 Å². The Morgan fingerprint density at radius 2 is 2.00 bits per heavy atom. The molecule has 1 heterocycles. The third-order valence-corrected chi connectivity index (χ3v) is 3.44. The van der Waals surface area contributed by atoms with Gasteiger partial charge < -0.3 is 10.2 Å². The van der Waals surface area contributed by atoms with Crippen molar-refractivity contribution in [3.8, 4) is 0 Å². The molecule has 0 radical (unpaired) electrons. The molecule has 1 aliphatic rings. The van der Waals surface area contributed by atoms with Gasteiger partial charge in [0.15, 0.2) is 0 Å². The van der Waals surface area contributed by atoms with Crippen molar-refractivity contribution in [1.29, 1.82) is 0 Å². The molecule has 0 bridgehead atoms. The van der Waals surface area contributed by atoms with Gasteiger partial charge >= 0.3 is 0 Å². The molecule has 0 aromatic heterocycles. The first-order valence-electron chi connectivity index (χ1n) is 7.05. The lowest BCUT2D eigenvalue weighted by molar-refractivity contribution is -0.135. The van der Waals surface area contributed by atoms with Gasteiger partial charge in [-0.15, -0.1) is 0 Å². The number of rotatable bonds is 5. The molecule has 2 unspecified atom stereocenters. The van der Waals surface area contributed by atoms with E-state index in [4.69, 9.17) is 0 Å². The number of carbonyl (C=O) groups excluding carboxylic acids is 2. The molecular weight excluding hydrogens is 228 g/mol. The first kappa shape index (κ1) is 15.0. The van der Waals surface area contributed by atoms with Crippen molar-refractivity contribution in [2.24, 2.45) is 5.92 Å². The summed E-state index contributed by atoms with van der Waals surface area (Å²) in [7, 11) is 0. The summed E-state index contributed by atoms with van der Waals surface area (Å²) in [5, 5.41) is 2.86.